The molecule has 139 heavy (non-hydrogen) atoms. The van der Waals surface area contributed by atoms with E-state index in [-0.39, 0.29) is 122 Å². The monoisotopic (exact) mass is 2190 g/mol. The van der Waals surface area contributed by atoms with Gasteiger partial charge in [0, 0.05) is 94.9 Å². The van der Waals surface area contributed by atoms with Crippen LogP contribution in [-0.4, -0.2) is 166 Å². The number of nitrogens with zero attached hydrogens (tertiary/aromatic N) is 5. The van der Waals surface area contributed by atoms with Crippen LogP contribution in [0.5, 0.6) is 0 Å². The molecule has 10 rings (SSSR count). The van der Waals surface area contributed by atoms with E-state index in [9.17, 15) is 74.9 Å². The van der Waals surface area contributed by atoms with Crippen LogP contribution in [-0.2, 0) is 38.2 Å². The number of ketones is 4. The summed E-state index contributed by atoms with van der Waals surface area (Å²) in [5.74, 6) is -9.46. The van der Waals surface area contributed by atoms with Gasteiger partial charge in [-0.05, 0) is 225 Å². The quantitative estimate of drug-likeness (QED) is 0.00894. The molecule has 6 aromatic carbocycles. The fourth-order valence-corrected chi connectivity index (χ4v) is 20.2. The van der Waals surface area contributed by atoms with Crippen LogP contribution in [0, 0.1) is 78.6 Å². The largest absolute Gasteiger partial charge is 0.391 e. The molecular weight excluding hydrogens is 2050 g/mol. The maximum atomic E-state index is 14.7. The fraction of sp³-hybridized carbons (Fsp3) is 0.537. The van der Waals surface area contributed by atoms with E-state index in [2.05, 4.69) is 43.2 Å². The molecule has 2 aliphatic heterocycles. The van der Waals surface area contributed by atoms with Gasteiger partial charge in [-0.2, -0.15) is 0 Å². The van der Waals surface area contributed by atoms with E-state index in [1.165, 1.54) is 65.5 Å². The number of carbonyl (C=O) groups is 8. The number of amides is 4. The molecule has 2 aromatic heterocycles. The molecule has 6 N–H and O–H groups in total. The van der Waals surface area contributed by atoms with Gasteiger partial charge in [0.25, 0.3) is 0 Å². The molecule has 0 unspecified atom stereocenters. The normalized spacial score (nSPS) is 15.8. The highest BCUT2D eigenvalue weighted by Crippen LogP contribution is 2.40. The average Bonchev–Trinajstić information content (AvgIpc) is 1.71. The number of Topliss-reactive ketones (excluding diaryl/α,β-unsaturated/α-hetero) is 4. The SMILES string of the molecule is Cc1ncsc1-c1ccc([C@H](C)NC(=O)[C@@H]2C[C@@H](O)CN2C(=O)[C@@H](CC(=O)CCCCCCCCCCCCCCCOCC(=O)c2ccc(F)c(F)c2Nc2ccc(I)cc2F)C(C)(C)C)cc1.Cc1ncsc1-c1ccc([C@H](C)NC(=O)[C@@H]2C[C@@H](O)CN2C(=O)[C@@H](CC(=O)CCCCCCCCCCN(C)CCCCOCC(=O)c2ccc(F)c(F)c2Nc2ccc(I)cc2F)C(C)(C)C)cc1. The third kappa shape index (κ3) is 36.1. The Bertz CT molecular complexity index is 5330. The molecule has 8 aromatic rings. The number of likely N-dealkylation sites (tertiary alicyclic amines) is 2. The molecule has 758 valence electrons. The summed E-state index contributed by atoms with van der Waals surface area (Å²) in [5, 5.41) is 32.5. The number of hydrogen-bond acceptors (Lipinski definition) is 19. The highest BCUT2D eigenvalue weighted by molar-refractivity contribution is 14.1. The number of thiazole rings is 2. The summed E-state index contributed by atoms with van der Waals surface area (Å²) in [4.78, 5) is 124. The number of hydrogen-bond donors (Lipinski definition) is 6. The number of β-amino-alcohol motifs (C(OH)–C–C–N with tert-alkyl or cyclic N) is 2. The zero-order valence-electron chi connectivity index (χ0n) is 82.4. The van der Waals surface area contributed by atoms with Crippen molar-refractivity contribution in [1.29, 1.82) is 0 Å². The predicted octanol–water partition coefficient (Wildman–Crippen LogP) is 24.8. The molecule has 2 fully saturated rings. The highest BCUT2D eigenvalue weighted by Gasteiger charge is 2.47. The first-order chi connectivity index (χ1) is 66.3. The van der Waals surface area contributed by atoms with Gasteiger partial charge >= 0.3 is 0 Å². The van der Waals surface area contributed by atoms with Crippen molar-refractivity contribution in [2.45, 2.75) is 292 Å². The maximum Gasteiger partial charge on any atom is 0.243 e. The van der Waals surface area contributed by atoms with E-state index in [0.717, 1.165) is 197 Å². The highest BCUT2D eigenvalue weighted by atomic mass is 127. The maximum absolute atomic E-state index is 14.7. The van der Waals surface area contributed by atoms with E-state index in [1.54, 1.807) is 34.8 Å². The lowest BCUT2D eigenvalue weighted by molar-refractivity contribution is -0.146. The van der Waals surface area contributed by atoms with Crippen LogP contribution in [0.15, 0.2) is 120 Å². The summed E-state index contributed by atoms with van der Waals surface area (Å²) in [6.45, 7) is 21.5. The Labute approximate surface area is 852 Å². The molecule has 2 saturated heterocycles. The molecule has 0 bridgehead atoms. The van der Waals surface area contributed by atoms with Gasteiger partial charge < -0.3 is 55.7 Å². The summed E-state index contributed by atoms with van der Waals surface area (Å²) in [7, 11) is 2.08. The zero-order chi connectivity index (χ0) is 101. The molecule has 4 amide bonds. The van der Waals surface area contributed by atoms with Gasteiger partial charge in [0.15, 0.2) is 34.8 Å². The lowest BCUT2D eigenvalue weighted by atomic mass is 9.76. The Kier molecular flexibility index (Phi) is 47.0. The van der Waals surface area contributed by atoms with Crippen molar-refractivity contribution >= 4 is 137 Å². The summed E-state index contributed by atoms with van der Waals surface area (Å²) in [6, 6.07) is 26.4. The van der Waals surface area contributed by atoms with E-state index in [1.807, 2.05) is 174 Å². The topological polar surface area (TPSA) is 279 Å². The molecule has 0 saturated carbocycles. The van der Waals surface area contributed by atoms with Gasteiger partial charge in [-0.15, -0.1) is 22.7 Å². The van der Waals surface area contributed by atoms with Gasteiger partial charge in [0.2, 0.25) is 23.6 Å². The Morgan fingerprint density at radius 1 is 0.460 bits per heavy atom. The molecular formula is C108H141F6I2N9O12S2. The van der Waals surface area contributed by atoms with Crippen molar-refractivity contribution in [2.24, 2.45) is 22.7 Å². The number of unbranched alkanes of at least 4 members (excludes halogenated alkanes) is 20. The number of carbonyl (C=O) groups excluding carboxylic acids is 8. The summed E-state index contributed by atoms with van der Waals surface area (Å²) < 4.78 is 98.7. The van der Waals surface area contributed by atoms with Crippen molar-refractivity contribution in [3.63, 3.8) is 0 Å². The van der Waals surface area contributed by atoms with Crippen LogP contribution < -0.4 is 21.3 Å². The van der Waals surface area contributed by atoms with E-state index in [0.29, 0.717) is 33.2 Å². The Morgan fingerprint density at radius 2 is 0.791 bits per heavy atom. The molecule has 21 nitrogen and oxygen atoms in total. The van der Waals surface area contributed by atoms with Crippen LogP contribution >= 0.6 is 67.9 Å². The first kappa shape index (κ1) is 114. The van der Waals surface area contributed by atoms with Crippen LogP contribution in [0.3, 0.4) is 0 Å². The van der Waals surface area contributed by atoms with Gasteiger partial charge in [0.1, 0.15) is 48.5 Å². The van der Waals surface area contributed by atoms with Gasteiger partial charge in [-0.1, -0.05) is 199 Å². The number of aryl methyl sites for hydroxylation is 2. The number of aromatic nitrogens is 2. The van der Waals surface area contributed by atoms with Crippen molar-refractivity contribution in [2.75, 3.05) is 70.3 Å². The minimum Gasteiger partial charge on any atom is -0.391 e. The second-order valence-electron chi connectivity index (χ2n) is 39.3. The Hall–Kier alpha value is -8.42. The van der Waals surface area contributed by atoms with Crippen LogP contribution in [0.25, 0.3) is 20.9 Å². The van der Waals surface area contributed by atoms with Crippen LogP contribution in [0.2, 0.25) is 0 Å². The van der Waals surface area contributed by atoms with Crippen molar-refractivity contribution in [3.8, 4) is 20.9 Å². The van der Waals surface area contributed by atoms with Crippen LogP contribution in [0.4, 0.5) is 49.1 Å². The number of nitrogens with one attached hydrogen (secondary N) is 4. The molecule has 0 radical (unpaired) electrons. The number of anilines is 4. The number of aliphatic hydroxyl groups excluding tert-OH is 2. The van der Waals surface area contributed by atoms with Crippen molar-refractivity contribution in [1.82, 2.24) is 35.3 Å². The second-order valence-corrected chi connectivity index (χ2v) is 43.5. The number of benzene rings is 6. The van der Waals surface area contributed by atoms with Gasteiger partial charge in [-0.25, -0.2) is 36.3 Å². The number of rotatable bonds is 56. The fourth-order valence-electron chi connectivity index (χ4n) is 17.7. The third-order valence-corrected chi connectivity index (χ3v) is 29.3. The summed E-state index contributed by atoms with van der Waals surface area (Å²) >= 11 is 7.05. The summed E-state index contributed by atoms with van der Waals surface area (Å²) in [5.41, 5.74) is 7.33. The molecule has 31 heteroatoms. The van der Waals surface area contributed by atoms with Crippen molar-refractivity contribution < 1.29 is 84.4 Å². The molecule has 0 aliphatic carbocycles. The van der Waals surface area contributed by atoms with Gasteiger partial charge in [-0.3, -0.25) is 38.4 Å². The number of halogens is 8. The van der Waals surface area contributed by atoms with Gasteiger partial charge in [0.05, 0.1) is 79.2 Å². The lowest BCUT2D eigenvalue weighted by Crippen LogP contribution is -2.50. The number of ether oxygens (including phenoxy) is 2. The second kappa shape index (κ2) is 57.2. The summed E-state index contributed by atoms with van der Waals surface area (Å²) in [6.07, 6.45) is 23.4. The first-order valence-corrected chi connectivity index (χ1v) is 53.1. The van der Waals surface area contributed by atoms with Crippen LogP contribution in [0.1, 0.15) is 297 Å². The minimum absolute atomic E-state index is 0.0478. The molecule has 8 atom stereocenters. The molecule has 2 aliphatic rings. The average molecular weight is 2190 g/mol. The minimum atomic E-state index is -1.26. The first-order valence-electron chi connectivity index (χ1n) is 49.2. The number of aliphatic hydroxyl groups is 2. The van der Waals surface area contributed by atoms with E-state index < -0.39 is 105 Å². The van der Waals surface area contributed by atoms with Crippen molar-refractivity contribution in [3.05, 3.63) is 196 Å². The lowest BCUT2D eigenvalue weighted by Gasteiger charge is -2.35. The Morgan fingerprint density at radius 3 is 1.13 bits per heavy atom. The zero-order valence-corrected chi connectivity index (χ0v) is 88.3. The third-order valence-electron chi connectivity index (χ3n) is 26.0. The molecule has 0 spiro atoms. The smallest absolute Gasteiger partial charge is 0.243 e. The van der Waals surface area contributed by atoms with E-state index in [4.69, 9.17) is 9.47 Å². The van der Waals surface area contributed by atoms with E-state index >= 15 is 0 Å². The molecule has 4 heterocycles. The predicted molar refractivity (Wildman–Crippen MR) is 556 cm³/mol. The standard InChI is InChI=1S/C54H71F3IN5O6S.C54H70F3IN4O6S/c1-35(37-18-20-38(21-19-37)51-36(2)59-34-70-51)60-52(67)47-31-41(65)32-63(47)53(68)43(54(3,4)5)30-40(64)17-13-11-9-7-8-10-12-14-26-62(6)27-15-16-28-69-33-48(66)42-23-24-44(55)49(57)50(42)61-46-25-22-39(58)29-45(46)56;1-35(37-20-22-38(23-21-37)51-36(2)59-34-69-51)60-52(66)47-31-41(64)32-62(47)53(67)43(54(3,4)5)30-40(63)19-17-15-13-11-9-7-6-8-10-12-14-16-18-28-68-33-48(65)42-25-26-44(55)49(57)50(42)61-46-27-24-39(58)29-45(46)56/h18-25,29,34-35,41,43,47,61,65H,7-17,26-28,30-33H2,1-6H3,(H,60,67);20-27,29,34-35,41,43,47,61,64H,6-19,28,30-33H2,1-5H3,(H,60,66)/t2*35-,41+,43+,47-/m00/s1. The Balaban J connectivity index is 0.000000311.